The summed E-state index contributed by atoms with van der Waals surface area (Å²) in [7, 11) is 0. The van der Waals surface area contributed by atoms with Crippen LogP contribution < -0.4 is 0 Å². The maximum absolute atomic E-state index is 8.84. The Labute approximate surface area is 61.2 Å². The van der Waals surface area contributed by atoms with E-state index < -0.39 is 6.29 Å². The van der Waals surface area contributed by atoms with Crippen LogP contribution in [-0.4, -0.2) is 18.0 Å². The van der Waals surface area contributed by atoms with E-state index in [0.717, 1.165) is 0 Å². The first-order valence-electron chi connectivity index (χ1n) is 2.94. The molecule has 0 radical (unpaired) electrons. The maximum atomic E-state index is 8.84. The standard InChI is InChI=1S/C8H10O2/c1-3-5-7-10-8(9)6-4-2/h2,8-9H,6-7H2,1H3. The molecule has 10 heavy (non-hydrogen) atoms. The highest BCUT2D eigenvalue weighted by atomic mass is 16.6. The topological polar surface area (TPSA) is 29.5 Å². The van der Waals surface area contributed by atoms with Gasteiger partial charge in [0.25, 0.3) is 0 Å². The molecule has 2 nitrogen and oxygen atoms in total. The molecule has 0 aromatic heterocycles. The van der Waals surface area contributed by atoms with Gasteiger partial charge in [-0.15, -0.1) is 18.3 Å². The molecule has 1 N–H and O–H groups in total. The molecule has 1 unspecified atom stereocenters. The molecule has 0 aliphatic rings. The predicted molar refractivity (Wildman–Crippen MR) is 38.9 cm³/mol. The highest BCUT2D eigenvalue weighted by Crippen LogP contribution is 1.90. The second-order valence-electron chi connectivity index (χ2n) is 1.60. The molecule has 0 rings (SSSR count). The zero-order valence-electron chi connectivity index (χ0n) is 5.92. The van der Waals surface area contributed by atoms with Crippen LogP contribution >= 0.6 is 0 Å². The summed E-state index contributed by atoms with van der Waals surface area (Å²) >= 11 is 0. The summed E-state index contributed by atoms with van der Waals surface area (Å²) in [5, 5.41) is 8.84. The van der Waals surface area contributed by atoms with Gasteiger partial charge < -0.3 is 9.84 Å². The third-order valence-corrected chi connectivity index (χ3v) is 0.817. The van der Waals surface area contributed by atoms with Crippen molar-refractivity contribution < 1.29 is 9.84 Å². The lowest BCUT2D eigenvalue weighted by Crippen LogP contribution is -2.10. The molecular formula is C8H10O2. The molecule has 0 saturated carbocycles. The van der Waals surface area contributed by atoms with Crippen LogP contribution in [0.4, 0.5) is 0 Å². The van der Waals surface area contributed by atoms with Crippen molar-refractivity contribution in [1.82, 2.24) is 0 Å². The van der Waals surface area contributed by atoms with Gasteiger partial charge in [0.2, 0.25) is 0 Å². The molecular weight excluding hydrogens is 128 g/mol. The zero-order valence-corrected chi connectivity index (χ0v) is 5.92. The maximum Gasteiger partial charge on any atom is 0.166 e. The van der Waals surface area contributed by atoms with E-state index in [1.165, 1.54) is 0 Å². The fourth-order valence-corrected chi connectivity index (χ4v) is 0.370. The number of hydrogen-bond donors (Lipinski definition) is 1. The van der Waals surface area contributed by atoms with Crippen LogP contribution in [0.2, 0.25) is 0 Å². The van der Waals surface area contributed by atoms with Crippen molar-refractivity contribution in [2.75, 3.05) is 6.61 Å². The molecule has 2 heteroatoms. The Morgan fingerprint density at radius 1 is 1.70 bits per heavy atom. The zero-order chi connectivity index (χ0) is 7.82. The molecule has 0 aliphatic heterocycles. The Hall–Kier alpha value is -0.960. The summed E-state index contributed by atoms with van der Waals surface area (Å²) in [6.45, 7) is 1.94. The SMILES string of the molecule is C#CCC(O)OCC#CC. The average molecular weight is 138 g/mol. The van der Waals surface area contributed by atoms with Crippen molar-refractivity contribution in [3.63, 3.8) is 0 Å². The van der Waals surface area contributed by atoms with Gasteiger partial charge >= 0.3 is 0 Å². The first kappa shape index (κ1) is 9.04. The van der Waals surface area contributed by atoms with E-state index in [1.54, 1.807) is 6.92 Å². The Kier molecular flexibility index (Phi) is 5.57. The summed E-state index contributed by atoms with van der Waals surface area (Å²) in [6.07, 6.45) is 4.25. The quantitative estimate of drug-likeness (QED) is 0.451. The normalized spacial score (nSPS) is 10.9. The summed E-state index contributed by atoms with van der Waals surface area (Å²) in [5.74, 6) is 7.54. The molecule has 0 saturated heterocycles. The molecule has 0 aromatic rings. The molecule has 0 spiro atoms. The van der Waals surface area contributed by atoms with Crippen LogP contribution in [0, 0.1) is 24.2 Å². The molecule has 54 valence electrons. The van der Waals surface area contributed by atoms with Crippen molar-refractivity contribution in [1.29, 1.82) is 0 Å². The number of aliphatic hydroxyl groups excluding tert-OH is 1. The van der Waals surface area contributed by atoms with Gasteiger partial charge in [-0.1, -0.05) is 5.92 Å². The highest BCUT2D eigenvalue weighted by Gasteiger charge is 1.97. The number of hydrogen-bond acceptors (Lipinski definition) is 2. The summed E-state index contributed by atoms with van der Waals surface area (Å²) in [6, 6.07) is 0. The van der Waals surface area contributed by atoms with E-state index in [9.17, 15) is 0 Å². The van der Waals surface area contributed by atoms with Gasteiger partial charge in [-0.3, -0.25) is 0 Å². The fourth-order valence-electron chi connectivity index (χ4n) is 0.370. The number of terminal acetylenes is 1. The molecule has 0 aliphatic carbocycles. The second-order valence-corrected chi connectivity index (χ2v) is 1.60. The lowest BCUT2D eigenvalue weighted by molar-refractivity contribution is -0.0819. The summed E-state index contributed by atoms with van der Waals surface area (Å²) < 4.78 is 4.76. The predicted octanol–water partition coefficient (Wildman–Crippen LogP) is 0.368. The minimum Gasteiger partial charge on any atom is -0.367 e. The molecule has 0 aromatic carbocycles. The lowest BCUT2D eigenvalue weighted by Gasteiger charge is -2.03. The van der Waals surface area contributed by atoms with Gasteiger partial charge in [0, 0.05) is 0 Å². The van der Waals surface area contributed by atoms with Crippen molar-refractivity contribution in [2.45, 2.75) is 19.6 Å². The Morgan fingerprint density at radius 3 is 2.90 bits per heavy atom. The highest BCUT2D eigenvalue weighted by molar-refractivity contribution is 4.95. The van der Waals surface area contributed by atoms with Gasteiger partial charge in [0.1, 0.15) is 6.61 Å². The molecule has 0 amide bonds. The summed E-state index contributed by atoms with van der Waals surface area (Å²) in [5.41, 5.74) is 0. The first-order chi connectivity index (χ1) is 4.81. The van der Waals surface area contributed by atoms with Crippen LogP contribution in [0.3, 0.4) is 0 Å². The van der Waals surface area contributed by atoms with E-state index in [0.29, 0.717) is 0 Å². The van der Waals surface area contributed by atoms with E-state index in [-0.39, 0.29) is 13.0 Å². The van der Waals surface area contributed by atoms with Crippen LogP contribution in [0.15, 0.2) is 0 Å². The molecule has 1 atom stereocenters. The third kappa shape index (κ3) is 5.18. The van der Waals surface area contributed by atoms with E-state index in [1.807, 2.05) is 0 Å². The molecule has 0 bridgehead atoms. The Morgan fingerprint density at radius 2 is 2.40 bits per heavy atom. The second kappa shape index (κ2) is 6.16. The molecule has 0 fully saturated rings. The monoisotopic (exact) mass is 138 g/mol. The Bertz CT molecular complexity index is 168. The largest absolute Gasteiger partial charge is 0.367 e. The van der Waals surface area contributed by atoms with Crippen LogP contribution in [0.25, 0.3) is 0 Å². The van der Waals surface area contributed by atoms with E-state index >= 15 is 0 Å². The molecule has 0 heterocycles. The average Bonchev–Trinajstić information content (AvgIpc) is 1.89. The van der Waals surface area contributed by atoms with Gasteiger partial charge in [-0.2, -0.15) is 0 Å². The fraction of sp³-hybridized carbons (Fsp3) is 0.500. The van der Waals surface area contributed by atoms with E-state index in [2.05, 4.69) is 17.8 Å². The van der Waals surface area contributed by atoms with Crippen molar-refractivity contribution in [3.05, 3.63) is 0 Å². The van der Waals surface area contributed by atoms with Crippen LogP contribution in [-0.2, 0) is 4.74 Å². The van der Waals surface area contributed by atoms with Gasteiger partial charge in [0.05, 0.1) is 6.42 Å². The minimum atomic E-state index is -0.870. The minimum absolute atomic E-state index is 0.214. The van der Waals surface area contributed by atoms with Gasteiger partial charge in [0.15, 0.2) is 6.29 Å². The lowest BCUT2D eigenvalue weighted by atomic mass is 10.4. The van der Waals surface area contributed by atoms with Crippen LogP contribution in [0.1, 0.15) is 13.3 Å². The Balaban J connectivity index is 3.29. The van der Waals surface area contributed by atoms with Gasteiger partial charge in [-0.05, 0) is 6.92 Å². The number of aliphatic hydroxyl groups is 1. The van der Waals surface area contributed by atoms with Crippen molar-refractivity contribution in [3.8, 4) is 24.2 Å². The van der Waals surface area contributed by atoms with Crippen LogP contribution in [0.5, 0.6) is 0 Å². The number of rotatable bonds is 3. The number of ether oxygens (including phenoxy) is 1. The van der Waals surface area contributed by atoms with Crippen molar-refractivity contribution >= 4 is 0 Å². The van der Waals surface area contributed by atoms with Gasteiger partial charge in [-0.25, -0.2) is 0 Å². The third-order valence-electron chi connectivity index (χ3n) is 0.817. The van der Waals surface area contributed by atoms with E-state index in [4.69, 9.17) is 16.3 Å². The summed E-state index contributed by atoms with van der Waals surface area (Å²) in [4.78, 5) is 0. The van der Waals surface area contributed by atoms with Crippen molar-refractivity contribution in [2.24, 2.45) is 0 Å². The first-order valence-corrected chi connectivity index (χ1v) is 2.94. The smallest absolute Gasteiger partial charge is 0.166 e.